The number of carbonyl (C=O) groups excluding carboxylic acids is 2. The number of nitrogens with zero attached hydrogens (tertiary/aromatic N) is 2. The van der Waals surface area contributed by atoms with Gasteiger partial charge in [-0.1, -0.05) is 33.8 Å². The van der Waals surface area contributed by atoms with Crippen LogP contribution in [-0.4, -0.2) is 33.9 Å². The molecule has 0 aromatic heterocycles. The number of anilines is 1. The van der Waals surface area contributed by atoms with Crippen LogP contribution in [0.4, 0.5) is 15.8 Å². The van der Waals surface area contributed by atoms with Gasteiger partial charge in [0.05, 0.1) is 12.2 Å². The van der Waals surface area contributed by atoms with E-state index in [-0.39, 0.29) is 37.4 Å². The van der Waals surface area contributed by atoms with Gasteiger partial charge in [0, 0.05) is 16.6 Å². The maximum atomic E-state index is 13.4. The fraction of sp³-hybridized carbons (Fsp3) is 0.160. The highest BCUT2D eigenvalue weighted by atomic mass is 79.9. The maximum Gasteiger partial charge on any atom is 0.238 e. The molecule has 1 unspecified atom stereocenters. The number of hydrogen-bond acceptors (Lipinski definition) is 6. The number of benzene rings is 3. The highest BCUT2D eigenvalue weighted by molar-refractivity contribution is 9.10. The SMILES string of the molecule is O=C(Nc1ccc(Br)cc1)C1CC(=O)N(Cc2ccc3c(c2)OCO3)C(=Nc2ccc(F)cc2)S1. The topological polar surface area (TPSA) is 80.2 Å². The fourth-order valence-corrected chi connectivity index (χ4v) is 4.96. The first-order valence-electron chi connectivity index (χ1n) is 10.7. The predicted molar refractivity (Wildman–Crippen MR) is 135 cm³/mol. The highest BCUT2D eigenvalue weighted by Crippen LogP contribution is 2.35. The second-order valence-corrected chi connectivity index (χ2v) is 9.93. The molecule has 3 aromatic carbocycles. The van der Waals surface area contributed by atoms with Gasteiger partial charge in [0.1, 0.15) is 11.1 Å². The van der Waals surface area contributed by atoms with Gasteiger partial charge in [-0.2, -0.15) is 0 Å². The van der Waals surface area contributed by atoms with E-state index in [1.54, 1.807) is 18.2 Å². The van der Waals surface area contributed by atoms with E-state index in [0.29, 0.717) is 28.0 Å². The molecular weight excluding hydrogens is 537 g/mol. The van der Waals surface area contributed by atoms with Crippen molar-refractivity contribution in [2.75, 3.05) is 12.1 Å². The number of ether oxygens (including phenoxy) is 2. The average Bonchev–Trinajstić information content (AvgIpc) is 3.32. The summed E-state index contributed by atoms with van der Waals surface area (Å²) < 4.78 is 25.1. The molecule has 2 amide bonds. The summed E-state index contributed by atoms with van der Waals surface area (Å²) in [7, 11) is 0. The van der Waals surface area contributed by atoms with Crippen LogP contribution in [-0.2, 0) is 16.1 Å². The fourth-order valence-electron chi connectivity index (χ4n) is 3.60. The predicted octanol–water partition coefficient (Wildman–Crippen LogP) is 5.48. The van der Waals surface area contributed by atoms with E-state index >= 15 is 0 Å². The summed E-state index contributed by atoms with van der Waals surface area (Å²) in [5.74, 6) is 0.352. The lowest BCUT2D eigenvalue weighted by Gasteiger charge is -2.32. The molecule has 0 radical (unpaired) electrons. The molecule has 1 fully saturated rings. The van der Waals surface area contributed by atoms with Crippen LogP contribution in [0.2, 0.25) is 0 Å². The Morgan fingerprint density at radius 3 is 2.60 bits per heavy atom. The molecule has 1 saturated heterocycles. The molecule has 0 saturated carbocycles. The molecule has 3 aromatic rings. The number of rotatable bonds is 5. The van der Waals surface area contributed by atoms with Crippen molar-refractivity contribution in [3.05, 3.63) is 82.6 Å². The number of carbonyl (C=O) groups is 2. The van der Waals surface area contributed by atoms with Gasteiger partial charge in [-0.3, -0.25) is 14.5 Å². The summed E-state index contributed by atoms with van der Waals surface area (Å²) >= 11 is 4.57. The molecule has 5 rings (SSSR count). The molecule has 10 heteroatoms. The number of nitrogens with one attached hydrogen (secondary N) is 1. The smallest absolute Gasteiger partial charge is 0.238 e. The summed E-state index contributed by atoms with van der Waals surface area (Å²) in [6.45, 7) is 0.396. The molecule has 1 N–H and O–H groups in total. The Morgan fingerprint density at radius 1 is 1.09 bits per heavy atom. The molecule has 0 bridgehead atoms. The van der Waals surface area contributed by atoms with E-state index in [0.717, 1.165) is 10.0 Å². The molecule has 2 heterocycles. The molecule has 1 atom stereocenters. The number of thioether (sulfide) groups is 1. The number of fused-ring (bicyclic) bond motifs is 1. The van der Waals surface area contributed by atoms with Gasteiger partial charge in [-0.15, -0.1) is 0 Å². The molecule has 7 nitrogen and oxygen atoms in total. The van der Waals surface area contributed by atoms with Crippen molar-refractivity contribution in [3.63, 3.8) is 0 Å². The van der Waals surface area contributed by atoms with Crippen molar-refractivity contribution in [1.29, 1.82) is 0 Å². The van der Waals surface area contributed by atoms with Crippen molar-refractivity contribution in [3.8, 4) is 11.5 Å². The zero-order valence-electron chi connectivity index (χ0n) is 18.2. The number of halogens is 2. The van der Waals surface area contributed by atoms with Gasteiger partial charge >= 0.3 is 0 Å². The Hall–Kier alpha value is -3.37. The van der Waals surface area contributed by atoms with Crippen LogP contribution < -0.4 is 14.8 Å². The Bertz CT molecular complexity index is 1300. The highest BCUT2D eigenvalue weighted by Gasteiger charge is 2.36. The number of amidine groups is 1. The normalized spacial score (nSPS) is 18.1. The van der Waals surface area contributed by atoms with Crippen molar-refractivity contribution < 1.29 is 23.5 Å². The molecule has 2 aliphatic heterocycles. The van der Waals surface area contributed by atoms with Crippen molar-refractivity contribution in [2.45, 2.75) is 18.2 Å². The summed E-state index contributed by atoms with van der Waals surface area (Å²) in [5, 5.41) is 2.55. The average molecular weight is 556 g/mol. The third-order valence-corrected chi connectivity index (χ3v) is 7.09. The Labute approximate surface area is 213 Å². The zero-order valence-corrected chi connectivity index (χ0v) is 20.6. The molecule has 0 spiro atoms. The van der Waals surface area contributed by atoms with Crippen LogP contribution in [0.5, 0.6) is 11.5 Å². The first kappa shape index (κ1) is 23.4. The summed E-state index contributed by atoms with van der Waals surface area (Å²) in [6, 6.07) is 18.3. The maximum absolute atomic E-state index is 13.4. The second kappa shape index (κ2) is 10.1. The molecule has 0 aliphatic carbocycles. The van der Waals surface area contributed by atoms with E-state index in [1.807, 2.05) is 24.3 Å². The lowest BCUT2D eigenvalue weighted by atomic mass is 10.1. The van der Waals surface area contributed by atoms with Crippen LogP contribution in [0.3, 0.4) is 0 Å². The second-order valence-electron chi connectivity index (χ2n) is 7.85. The van der Waals surface area contributed by atoms with Crippen LogP contribution >= 0.6 is 27.7 Å². The lowest BCUT2D eigenvalue weighted by molar-refractivity contribution is -0.129. The Morgan fingerprint density at radius 2 is 1.83 bits per heavy atom. The third kappa shape index (κ3) is 5.49. The minimum atomic E-state index is -0.668. The third-order valence-electron chi connectivity index (χ3n) is 5.37. The Balaban J connectivity index is 1.40. The van der Waals surface area contributed by atoms with Crippen LogP contribution in [0.25, 0.3) is 0 Å². The first-order chi connectivity index (χ1) is 16.9. The minimum Gasteiger partial charge on any atom is -0.454 e. The summed E-state index contributed by atoms with van der Waals surface area (Å²) in [4.78, 5) is 32.3. The lowest BCUT2D eigenvalue weighted by Crippen LogP contribution is -2.44. The minimum absolute atomic E-state index is 0.0139. The van der Waals surface area contributed by atoms with E-state index < -0.39 is 5.25 Å². The van der Waals surface area contributed by atoms with Crippen molar-refractivity contribution >= 4 is 56.0 Å². The van der Waals surface area contributed by atoms with Gasteiger partial charge in [0.15, 0.2) is 16.7 Å². The monoisotopic (exact) mass is 555 g/mol. The largest absolute Gasteiger partial charge is 0.454 e. The molecule has 2 aliphatic rings. The van der Waals surface area contributed by atoms with E-state index in [2.05, 4.69) is 26.2 Å². The van der Waals surface area contributed by atoms with Gasteiger partial charge in [0.2, 0.25) is 18.6 Å². The van der Waals surface area contributed by atoms with E-state index in [4.69, 9.17) is 9.47 Å². The van der Waals surface area contributed by atoms with Gasteiger partial charge in [-0.25, -0.2) is 9.38 Å². The van der Waals surface area contributed by atoms with Crippen molar-refractivity contribution in [1.82, 2.24) is 4.90 Å². The van der Waals surface area contributed by atoms with Crippen LogP contribution in [0.15, 0.2) is 76.2 Å². The number of amides is 2. The van der Waals surface area contributed by atoms with Gasteiger partial charge in [0.25, 0.3) is 0 Å². The molecular formula is C25H19BrFN3O4S. The standard InChI is InChI=1S/C25H19BrFN3O4S/c26-16-2-6-18(7-3-16)28-24(32)22-12-23(31)30(13-15-1-10-20-21(11-15)34-14-33-20)25(35-22)29-19-8-4-17(27)5-9-19/h1-11,22H,12-14H2,(H,28,32). The van der Waals surface area contributed by atoms with E-state index in [9.17, 15) is 14.0 Å². The quantitative estimate of drug-likeness (QED) is 0.451. The number of aliphatic imine (C=N–C) groups is 1. The Kier molecular flexibility index (Phi) is 6.74. The van der Waals surface area contributed by atoms with Gasteiger partial charge in [-0.05, 0) is 66.2 Å². The molecule has 35 heavy (non-hydrogen) atoms. The summed E-state index contributed by atoms with van der Waals surface area (Å²) in [6.07, 6.45) is 0.0139. The van der Waals surface area contributed by atoms with Crippen LogP contribution in [0, 0.1) is 5.82 Å². The zero-order chi connectivity index (χ0) is 24.4. The van der Waals surface area contributed by atoms with Crippen LogP contribution in [0.1, 0.15) is 12.0 Å². The number of hydrogen-bond donors (Lipinski definition) is 1. The van der Waals surface area contributed by atoms with E-state index in [1.165, 1.54) is 40.9 Å². The first-order valence-corrected chi connectivity index (χ1v) is 12.4. The molecule has 178 valence electrons. The summed E-state index contributed by atoms with van der Waals surface area (Å²) in [5.41, 5.74) is 1.94. The van der Waals surface area contributed by atoms with Crippen molar-refractivity contribution in [2.24, 2.45) is 4.99 Å². The van der Waals surface area contributed by atoms with Gasteiger partial charge < -0.3 is 14.8 Å².